The minimum absolute atomic E-state index is 0.0561. The number of ether oxygens (including phenoxy) is 1. The van der Waals surface area contributed by atoms with Crippen molar-refractivity contribution in [3.05, 3.63) is 108 Å². The number of pyridine rings is 1. The van der Waals surface area contributed by atoms with Crippen molar-refractivity contribution in [2.45, 2.75) is 37.8 Å². The van der Waals surface area contributed by atoms with Gasteiger partial charge in [0.25, 0.3) is 10.0 Å². The van der Waals surface area contributed by atoms with Crippen molar-refractivity contribution in [2.24, 2.45) is 0 Å². The lowest BCUT2D eigenvalue weighted by atomic mass is 9.98. The summed E-state index contributed by atoms with van der Waals surface area (Å²) in [5.74, 6) is -1.11. The molecule has 4 rings (SSSR count). The summed E-state index contributed by atoms with van der Waals surface area (Å²) in [5, 5.41) is 11.8. The molecule has 3 aromatic carbocycles. The van der Waals surface area contributed by atoms with Crippen molar-refractivity contribution < 1.29 is 22.3 Å². The molecule has 1 aromatic heterocycles. The van der Waals surface area contributed by atoms with E-state index < -0.39 is 33.5 Å². The Labute approximate surface area is 243 Å². The van der Waals surface area contributed by atoms with Gasteiger partial charge in [-0.2, -0.15) is 0 Å². The highest BCUT2D eigenvalue weighted by Crippen LogP contribution is 2.32. The molecule has 0 bridgehead atoms. The zero-order valence-electron chi connectivity index (χ0n) is 22.6. The van der Waals surface area contributed by atoms with E-state index in [0.717, 1.165) is 5.56 Å². The second kappa shape index (κ2) is 12.1. The van der Waals surface area contributed by atoms with Crippen LogP contribution in [0, 0.1) is 11.2 Å². The van der Waals surface area contributed by atoms with Crippen molar-refractivity contribution in [3.63, 3.8) is 0 Å². The Morgan fingerprint density at radius 2 is 1.68 bits per heavy atom. The topological polar surface area (TPSA) is 112 Å². The number of nitrogens with one attached hydrogen (secondary N) is 2. The fourth-order valence-corrected chi connectivity index (χ4v) is 5.26. The number of guanidine groups is 1. The fourth-order valence-electron chi connectivity index (χ4n) is 3.89. The number of benzene rings is 3. The molecular formula is C30H28ClFN4O4S. The molecule has 41 heavy (non-hydrogen) atoms. The Hall–Kier alpha value is -4.28. The molecule has 212 valence electrons. The van der Waals surface area contributed by atoms with Crippen LogP contribution in [0.3, 0.4) is 0 Å². The second-order valence-electron chi connectivity index (χ2n) is 10.0. The maximum Gasteiger partial charge on any atom is 0.431 e. The third-order valence-electron chi connectivity index (χ3n) is 5.70. The van der Waals surface area contributed by atoms with Crippen molar-refractivity contribution in [1.29, 1.82) is 5.41 Å². The van der Waals surface area contributed by atoms with Crippen molar-refractivity contribution in [2.75, 3.05) is 0 Å². The summed E-state index contributed by atoms with van der Waals surface area (Å²) in [6, 6.07) is 22.2. The molecule has 0 saturated heterocycles. The summed E-state index contributed by atoms with van der Waals surface area (Å²) in [7, 11) is -4.47. The molecule has 11 heteroatoms. The largest absolute Gasteiger partial charge is 0.443 e. The molecule has 2 N–H and O–H groups in total. The monoisotopic (exact) mass is 594 g/mol. The number of carbonyl (C=O) groups excluding carboxylic acids is 1. The number of rotatable bonds is 6. The molecule has 8 nitrogen and oxygen atoms in total. The van der Waals surface area contributed by atoms with E-state index in [1.54, 1.807) is 69.3 Å². The van der Waals surface area contributed by atoms with Gasteiger partial charge >= 0.3 is 6.09 Å². The number of nitrogens with zero attached hydrogens (tertiary/aromatic N) is 2. The first-order valence-corrected chi connectivity index (χ1v) is 14.3. The van der Waals surface area contributed by atoms with Crippen LogP contribution >= 0.6 is 11.6 Å². The van der Waals surface area contributed by atoms with E-state index in [1.165, 1.54) is 42.6 Å². The smallest absolute Gasteiger partial charge is 0.431 e. The summed E-state index contributed by atoms with van der Waals surface area (Å²) >= 11 is 6.08. The van der Waals surface area contributed by atoms with Crippen LogP contribution in [0.25, 0.3) is 22.4 Å². The maximum absolute atomic E-state index is 14.0. The Morgan fingerprint density at radius 1 is 1.00 bits per heavy atom. The molecule has 0 unspecified atom stereocenters. The zero-order chi connectivity index (χ0) is 29.8. The Balaban J connectivity index is 1.67. The molecule has 1 amide bonds. The number of hydrogen-bond donors (Lipinski definition) is 2. The van der Waals surface area contributed by atoms with Crippen LogP contribution in [0.5, 0.6) is 0 Å². The van der Waals surface area contributed by atoms with Gasteiger partial charge in [-0.3, -0.25) is 10.4 Å². The minimum Gasteiger partial charge on any atom is -0.443 e. The lowest BCUT2D eigenvalue weighted by Crippen LogP contribution is -2.49. The van der Waals surface area contributed by atoms with Gasteiger partial charge in [0.1, 0.15) is 11.4 Å². The molecule has 0 atom stereocenters. The number of carbonyl (C=O) groups is 1. The van der Waals surface area contributed by atoms with Gasteiger partial charge in [0.2, 0.25) is 5.96 Å². The minimum atomic E-state index is -4.47. The van der Waals surface area contributed by atoms with Crippen molar-refractivity contribution in [1.82, 2.24) is 14.6 Å². The summed E-state index contributed by atoms with van der Waals surface area (Å²) in [5.41, 5.74) is 2.08. The van der Waals surface area contributed by atoms with Crippen LogP contribution in [0.2, 0.25) is 5.02 Å². The second-order valence-corrected chi connectivity index (χ2v) is 12.2. The van der Waals surface area contributed by atoms with Gasteiger partial charge in [0.15, 0.2) is 0 Å². The Kier molecular flexibility index (Phi) is 8.74. The van der Waals surface area contributed by atoms with E-state index in [1.807, 2.05) is 0 Å². The van der Waals surface area contributed by atoms with Crippen molar-refractivity contribution >= 4 is 33.7 Å². The first-order chi connectivity index (χ1) is 19.3. The highest BCUT2D eigenvalue weighted by atomic mass is 35.5. The highest BCUT2D eigenvalue weighted by molar-refractivity contribution is 7.90. The van der Waals surface area contributed by atoms with E-state index >= 15 is 0 Å². The van der Waals surface area contributed by atoms with Gasteiger partial charge in [0, 0.05) is 28.9 Å². The van der Waals surface area contributed by atoms with Gasteiger partial charge in [-0.25, -0.2) is 17.6 Å². The average Bonchev–Trinajstić information content (AvgIpc) is 2.91. The van der Waals surface area contributed by atoms with Crippen molar-refractivity contribution in [3.8, 4) is 22.4 Å². The molecule has 0 aliphatic carbocycles. The normalized spacial score (nSPS) is 11.5. The third-order valence-corrected chi connectivity index (χ3v) is 7.63. The van der Waals surface area contributed by atoms with E-state index in [-0.39, 0.29) is 11.4 Å². The SMILES string of the molecule is CC(C)(C)OC(=O)N(C(=N)NCc1cnc(-c2cccc(F)c2)c(-c2ccc(Cl)cc2)c1)S(=O)(=O)c1ccccc1. The van der Waals surface area contributed by atoms with Crippen LogP contribution < -0.4 is 5.32 Å². The molecule has 0 spiro atoms. The first-order valence-electron chi connectivity index (χ1n) is 12.5. The van der Waals surface area contributed by atoms with Crippen LogP contribution in [-0.4, -0.2) is 35.4 Å². The van der Waals surface area contributed by atoms with Crippen LogP contribution in [-0.2, 0) is 21.3 Å². The van der Waals surface area contributed by atoms with Gasteiger partial charge in [0.05, 0.1) is 10.6 Å². The predicted molar refractivity (Wildman–Crippen MR) is 156 cm³/mol. The van der Waals surface area contributed by atoms with E-state index in [2.05, 4.69) is 10.3 Å². The van der Waals surface area contributed by atoms with Gasteiger partial charge in [-0.05, 0) is 74.4 Å². The van der Waals surface area contributed by atoms with Crippen LogP contribution in [0.4, 0.5) is 9.18 Å². The number of sulfonamides is 1. The van der Waals surface area contributed by atoms with E-state index in [4.69, 9.17) is 21.7 Å². The Morgan fingerprint density at radius 3 is 2.32 bits per heavy atom. The molecule has 1 heterocycles. The number of halogens is 2. The summed E-state index contributed by atoms with van der Waals surface area (Å²) in [6.45, 7) is 4.73. The molecular weight excluding hydrogens is 567 g/mol. The Bertz CT molecular complexity index is 1680. The van der Waals surface area contributed by atoms with E-state index in [9.17, 15) is 17.6 Å². The van der Waals surface area contributed by atoms with Crippen LogP contribution in [0.1, 0.15) is 26.3 Å². The predicted octanol–water partition coefficient (Wildman–Crippen LogP) is 6.86. The molecule has 0 aliphatic rings. The van der Waals surface area contributed by atoms with Gasteiger partial charge < -0.3 is 10.1 Å². The lowest BCUT2D eigenvalue weighted by Gasteiger charge is -2.27. The molecule has 0 aliphatic heterocycles. The molecule has 0 radical (unpaired) electrons. The first kappa shape index (κ1) is 29.7. The molecule has 0 fully saturated rings. The highest BCUT2D eigenvalue weighted by Gasteiger charge is 2.36. The molecule has 4 aromatic rings. The van der Waals surface area contributed by atoms with E-state index in [0.29, 0.717) is 31.7 Å². The van der Waals surface area contributed by atoms with Gasteiger partial charge in [-0.1, -0.05) is 54.1 Å². The lowest BCUT2D eigenvalue weighted by molar-refractivity contribution is 0.0460. The van der Waals surface area contributed by atoms with Crippen LogP contribution in [0.15, 0.2) is 96.0 Å². The maximum atomic E-state index is 14.0. The fraction of sp³-hybridized carbons (Fsp3) is 0.167. The number of aromatic nitrogens is 1. The zero-order valence-corrected chi connectivity index (χ0v) is 24.1. The quantitative estimate of drug-likeness (QED) is 0.186. The standard InChI is InChI=1S/C30H28ClFN4O4S/c1-30(2,3)40-29(37)36(41(38,39)25-10-5-4-6-11-25)28(33)35-19-20-16-26(21-12-14-23(31)15-13-21)27(34-18-20)22-8-7-9-24(32)17-22/h4-18H,19H2,1-3H3,(H2,33,35). The number of hydrogen-bond acceptors (Lipinski definition) is 6. The summed E-state index contributed by atoms with van der Waals surface area (Å²) < 4.78 is 46.4. The number of amides is 1. The summed E-state index contributed by atoms with van der Waals surface area (Å²) in [6.07, 6.45) is 0.309. The summed E-state index contributed by atoms with van der Waals surface area (Å²) in [4.78, 5) is 17.4. The third kappa shape index (κ3) is 7.27. The van der Waals surface area contributed by atoms with Gasteiger partial charge in [-0.15, -0.1) is 4.31 Å². The average molecular weight is 595 g/mol. The molecule has 0 saturated carbocycles.